The van der Waals surface area contributed by atoms with Crippen molar-refractivity contribution >= 4 is 12.3 Å². The minimum Gasteiger partial charge on any atom is -0.493 e. The molecule has 0 spiro atoms. The number of fused-ring (bicyclic) bond motifs is 5. The third-order valence-electron chi connectivity index (χ3n) is 7.45. The Balaban J connectivity index is 1.38. The number of hydrogen-bond donors (Lipinski definition) is 2. The summed E-state index contributed by atoms with van der Waals surface area (Å²) in [7, 11) is 1.65. The summed E-state index contributed by atoms with van der Waals surface area (Å²) in [5.41, 5.74) is 7.66. The second kappa shape index (κ2) is 8.34. The molecule has 1 aromatic heterocycles. The van der Waals surface area contributed by atoms with Crippen LogP contribution in [0.2, 0.25) is 0 Å². The largest absolute Gasteiger partial charge is 0.493 e. The van der Waals surface area contributed by atoms with Gasteiger partial charge >= 0.3 is 0 Å². The zero-order valence-electron chi connectivity index (χ0n) is 17.6. The van der Waals surface area contributed by atoms with Gasteiger partial charge in [-0.25, -0.2) is 4.68 Å². The second-order valence-electron chi connectivity index (χ2n) is 8.72. The third kappa shape index (κ3) is 3.57. The fraction of sp³-hybridized carbons (Fsp3) is 0.524. The van der Waals surface area contributed by atoms with Crippen molar-refractivity contribution in [3.8, 4) is 11.5 Å². The Kier molecular flexibility index (Phi) is 5.55. The molecule has 3 aliphatic carbocycles. The number of nitrogens with two attached hydrogens (primary N) is 1. The van der Waals surface area contributed by atoms with E-state index < -0.39 is 0 Å². The van der Waals surface area contributed by atoms with Crippen molar-refractivity contribution in [2.45, 2.75) is 44.9 Å². The lowest BCUT2D eigenvalue weighted by molar-refractivity contribution is -0.199. The Morgan fingerprint density at radius 3 is 2.84 bits per heavy atom. The molecule has 31 heavy (non-hydrogen) atoms. The van der Waals surface area contributed by atoms with Crippen molar-refractivity contribution in [3.05, 3.63) is 47.7 Å². The number of nitrogens with zero attached hydrogens (tertiary/aromatic N) is 3. The Morgan fingerprint density at radius 2 is 2.06 bits per heavy atom. The fourth-order valence-corrected chi connectivity index (χ4v) is 6.27. The molecule has 1 fully saturated rings. The van der Waals surface area contributed by atoms with Gasteiger partial charge in [0.15, 0.2) is 11.5 Å². The molecule has 1 aromatic carbocycles. The normalized spacial score (nSPS) is 28.9. The third-order valence-corrected chi connectivity index (χ3v) is 7.83. The van der Waals surface area contributed by atoms with E-state index in [0.717, 1.165) is 25.7 Å². The highest BCUT2D eigenvalue weighted by molar-refractivity contribution is 7.90. The summed E-state index contributed by atoms with van der Waals surface area (Å²) in [6, 6.07) is 4.21. The molecule has 5 rings (SSSR count). The molecule has 10 heteroatoms. The lowest BCUT2D eigenvalue weighted by Gasteiger charge is -2.50. The summed E-state index contributed by atoms with van der Waals surface area (Å²) in [4.78, 5) is 4.09. The molecular formula is C21H27N5O4S. The van der Waals surface area contributed by atoms with E-state index in [4.69, 9.17) is 14.8 Å². The van der Waals surface area contributed by atoms with Crippen LogP contribution in [-0.2, 0) is 15.7 Å². The molecule has 2 aromatic rings. The quantitative estimate of drug-likeness (QED) is 0.286. The standard InChI is InChI=1S/C21H27N5O4S/c1-21-8-7-14-15(17(21)5-6-20(21)25-26-11-23-24-12-26)4-3-13-9-19(28-31-30-29-22)18(27-2)10-16(13)14/h6,9-12,14-15,17,25H,3-5,7-8,22H2,1-2H3/t14?,15?,17?,21-/m0/s1. The molecule has 3 N–H and O–H groups in total. The number of rotatable bonds is 7. The highest BCUT2D eigenvalue weighted by Gasteiger charge is 2.52. The minimum atomic E-state index is 0.145. The maximum Gasteiger partial charge on any atom is 0.260 e. The topological polar surface area (TPSA) is 106 Å². The molecule has 0 radical (unpaired) electrons. The van der Waals surface area contributed by atoms with Crippen LogP contribution in [0.3, 0.4) is 0 Å². The molecule has 0 amide bonds. The first-order valence-electron chi connectivity index (χ1n) is 10.5. The molecule has 0 aliphatic heterocycles. The molecule has 4 atom stereocenters. The van der Waals surface area contributed by atoms with E-state index in [1.165, 1.54) is 23.2 Å². The number of benzene rings is 1. The summed E-state index contributed by atoms with van der Waals surface area (Å²) in [5.74, 6) is 7.98. The Labute approximate surface area is 185 Å². The first kappa shape index (κ1) is 20.6. The number of hydrogen-bond acceptors (Lipinski definition) is 9. The minimum absolute atomic E-state index is 0.145. The summed E-state index contributed by atoms with van der Waals surface area (Å²) in [6.07, 6.45) is 11.4. The van der Waals surface area contributed by atoms with Crippen molar-refractivity contribution in [1.82, 2.24) is 14.9 Å². The Bertz CT molecular complexity index is 969. The van der Waals surface area contributed by atoms with Gasteiger partial charge in [0.1, 0.15) is 12.7 Å². The van der Waals surface area contributed by atoms with Crippen LogP contribution in [0, 0.1) is 17.3 Å². The van der Waals surface area contributed by atoms with Gasteiger partial charge in [-0.2, -0.15) is 5.90 Å². The molecule has 3 aliphatic rings. The van der Waals surface area contributed by atoms with Crippen LogP contribution in [0.15, 0.2) is 36.6 Å². The number of allylic oxidation sites excluding steroid dienone is 2. The summed E-state index contributed by atoms with van der Waals surface area (Å²) in [5, 5.41) is 7.81. The lowest BCUT2D eigenvalue weighted by atomic mass is 9.55. The predicted octanol–water partition coefficient (Wildman–Crippen LogP) is 3.64. The molecule has 0 bridgehead atoms. The van der Waals surface area contributed by atoms with Gasteiger partial charge in [-0.1, -0.05) is 13.0 Å². The van der Waals surface area contributed by atoms with Gasteiger partial charge in [0.2, 0.25) is 0 Å². The van der Waals surface area contributed by atoms with Gasteiger partial charge in [-0.3, -0.25) is 5.43 Å². The van der Waals surface area contributed by atoms with E-state index in [1.807, 2.05) is 4.68 Å². The first-order valence-corrected chi connectivity index (χ1v) is 11.2. The van der Waals surface area contributed by atoms with Gasteiger partial charge < -0.3 is 8.92 Å². The zero-order valence-corrected chi connectivity index (χ0v) is 18.4. The van der Waals surface area contributed by atoms with E-state index in [9.17, 15) is 0 Å². The van der Waals surface area contributed by atoms with E-state index in [2.05, 4.69) is 50.1 Å². The van der Waals surface area contributed by atoms with Crippen molar-refractivity contribution in [1.29, 1.82) is 0 Å². The van der Waals surface area contributed by atoms with Crippen molar-refractivity contribution in [2.75, 3.05) is 12.5 Å². The van der Waals surface area contributed by atoms with Crippen LogP contribution in [0.5, 0.6) is 11.5 Å². The van der Waals surface area contributed by atoms with Gasteiger partial charge in [0.25, 0.3) is 12.3 Å². The van der Waals surface area contributed by atoms with E-state index >= 15 is 0 Å². The van der Waals surface area contributed by atoms with Crippen LogP contribution < -0.4 is 20.2 Å². The van der Waals surface area contributed by atoms with Crippen molar-refractivity contribution in [3.63, 3.8) is 0 Å². The fourth-order valence-electron chi connectivity index (χ4n) is 6.01. The van der Waals surface area contributed by atoms with Gasteiger partial charge in [0, 0.05) is 11.1 Å². The van der Waals surface area contributed by atoms with Crippen LogP contribution in [-0.4, -0.2) is 22.0 Å². The Hall–Kier alpha value is -2.27. The van der Waals surface area contributed by atoms with Crippen LogP contribution in [0.1, 0.15) is 49.7 Å². The smallest absolute Gasteiger partial charge is 0.260 e. The maximum atomic E-state index is 5.60. The molecule has 3 unspecified atom stereocenters. The van der Waals surface area contributed by atoms with Gasteiger partial charge in [-0.05, 0) is 73.1 Å². The summed E-state index contributed by atoms with van der Waals surface area (Å²) >= 11 is 0.671. The number of nitrogens with one attached hydrogen (secondary N) is 1. The van der Waals surface area contributed by atoms with E-state index in [-0.39, 0.29) is 5.41 Å². The first-order chi connectivity index (χ1) is 15.1. The van der Waals surface area contributed by atoms with Gasteiger partial charge in [0.05, 0.1) is 7.11 Å². The van der Waals surface area contributed by atoms with Crippen LogP contribution >= 0.6 is 12.3 Å². The highest BCUT2D eigenvalue weighted by Crippen LogP contribution is 2.61. The number of aryl methyl sites for hydroxylation is 1. The monoisotopic (exact) mass is 445 g/mol. The average Bonchev–Trinajstić information content (AvgIpc) is 3.41. The lowest BCUT2D eigenvalue weighted by Crippen LogP contribution is -2.43. The molecule has 1 saturated carbocycles. The molecule has 166 valence electrons. The van der Waals surface area contributed by atoms with Crippen molar-refractivity contribution in [2.24, 2.45) is 23.1 Å². The van der Waals surface area contributed by atoms with Crippen LogP contribution in [0.4, 0.5) is 0 Å². The van der Waals surface area contributed by atoms with Gasteiger partial charge in [-0.15, -0.1) is 19.5 Å². The van der Waals surface area contributed by atoms with Crippen molar-refractivity contribution < 1.29 is 18.2 Å². The molecule has 0 saturated heterocycles. The molecule has 9 nitrogen and oxygen atoms in total. The van der Waals surface area contributed by atoms with E-state index in [1.54, 1.807) is 19.8 Å². The molecule has 1 heterocycles. The highest BCUT2D eigenvalue weighted by atomic mass is 32.2. The summed E-state index contributed by atoms with van der Waals surface area (Å²) in [6.45, 7) is 2.41. The number of methoxy groups -OCH3 is 1. The van der Waals surface area contributed by atoms with Crippen LogP contribution in [0.25, 0.3) is 0 Å². The average molecular weight is 446 g/mol. The second-order valence-corrected chi connectivity index (χ2v) is 9.16. The number of aromatic nitrogens is 3. The molecular weight excluding hydrogens is 418 g/mol. The SMILES string of the molecule is COc1cc2c(cc1OSOON)CCC1C2CC[C@]2(C)C(Nn3cnnc3)=CCC12. The zero-order chi connectivity index (χ0) is 21.4. The predicted molar refractivity (Wildman–Crippen MR) is 115 cm³/mol. The number of ether oxygens (including phenoxy) is 1. The Morgan fingerprint density at radius 1 is 1.23 bits per heavy atom. The summed E-state index contributed by atoms with van der Waals surface area (Å²) < 4.78 is 17.6. The van der Waals surface area contributed by atoms with E-state index in [0.29, 0.717) is 41.6 Å². The maximum absolute atomic E-state index is 5.60.